The summed E-state index contributed by atoms with van der Waals surface area (Å²) >= 11 is 0. The molecule has 0 aliphatic rings. The summed E-state index contributed by atoms with van der Waals surface area (Å²) in [6, 6.07) is 35.5. The molecule has 4 rings (SSSR count). The van der Waals surface area contributed by atoms with E-state index in [1.807, 2.05) is 0 Å². The zero-order valence-corrected chi connectivity index (χ0v) is 20.8. The van der Waals surface area contributed by atoms with Crippen molar-refractivity contribution in [2.45, 2.75) is 40.5 Å². The predicted octanol–water partition coefficient (Wildman–Crippen LogP) is 9.26. The molecular weight excluding hydrogens is 408 g/mol. The van der Waals surface area contributed by atoms with Crippen LogP contribution in [0.4, 0.5) is 0 Å². The highest BCUT2D eigenvalue weighted by Crippen LogP contribution is 2.28. The van der Waals surface area contributed by atoms with Gasteiger partial charge in [0.2, 0.25) is 0 Å². The van der Waals surface area contributed by atoms with Crippen molar-refractivity contribution >= 4 is 11.1 Å². The van der Waals surface area contributed by atoms with Gasteiger partial charge < -0.3 is 0 Å². The van der Waals surface area contributed by atoms with Crippen molar-refractivity contribution in [2.24, 2.45) is 0 Å². The molecule has 0 radical (unpaired) electrons. The van der Waals surface area contributed by atoms with Crippen LogP contribution in [0.25, 0.3) is 11.1 Å². The third kappa shape index (κ3) is 6.02. The Bertz CT molecular complexity index is 1060. The summed E-state index contributed by atoms with van der Waals surface area (Å²) in [5.74, 6) is 0. The molecule has 0 unspecified atom stereocenters. The van der Waals surface area contributed by atoms with E-state index in [1.54, 1.807) is 0 Å². The Morgan fingerprint density at radius 1 is 0.382 bits per heavy atom. The lowest BCUT2D eigenvalue weighted by atomic mass is 9.93. The molecule has 0 nitrogen and oxygen atoms in total. The van der Waals surface area contributed by atoms with E-state index in [4.69, 9.17) is 0 Å². The molecular formula is C34H34. The van der Waals surface area contributed by atoms with E-state index < -0.39 is 0 Å². The summed E-state index contributed by atoms with van der Waals surface area (Å²) in [6.45, 7) is 8.56. The van der Waals surface area contributed by atoms with Crippen LogP contribution in [0.2, 0.25) is 0 Å². The highest BCUT2D eigenvalue weighted by Gasteiger charge is 2.07. The second kappa shape index (κ2) is 11.0. The summed E-state index contributed by atoms with van der Waals surface area (Å²) in [5.41, 5.74) is 12.9. The fraction of sp³-hybridized carbons (Fsp3) is 0.176. The van der Waals surface area contributed by atoms with Crippen molar-refractivity contribution in [2.75, 3.05) is 0 Å². The molecule has 0 aromatic heterocycles. The number of hydrogen-bond acceptors (Lipinski definition) is 0. The van der Waals surface area contributed by atoms with Crippen molar-refractivity contribution < 1.29 is 0 Å². The van der Waals surface area contributed by atoms with Crippen molar-refractivity contribution in [3.8, 4) is 0 Å². The maximum absolute atomic E-state index is 2.40. The molecule has 0 heterocycles. The Balaban J connectivity index is 1.63. The van der Waals surface area contributed by atoms with Gasteiger partial charge in [-0.25, -0.2) is 0 Å². The molecule has 170 valence electrons. The van der Waals surface area contributed by atoms with Gasteiger partial charge in [0, 0.05) is 0 Å². The van der Waals surface area contributed by atoms with E-state index in [0.717, 1.165) is 12.8 Å². The first-order chi connectivity index (χ1) is 16.5. The molecule has 0 heteroatoms. The van der Waals surface area contributed by atoms with Gasteiger partial charge in [0.15, 0.2) is 0 Å². The average molecular weight is 443 g/mol. The third-order valence-electron chi connectivity index (χ3n) is 6.31. The molecule has 0 bridgehead atoms. The Kier molecular flexibility index (Phi) is 7.60. The number of hydrogen-bond donors (Lipinski definition) is 0. The minimum Gasteiger partial charge on any atom is -0.0757 e. The van der Waals surface area contributed by atoms with Crippen molar-refractivity contribution in [1.29, 1.82) is 0 Å². The average Bonchev–Trinajstić information content (AvgIpc) is 2.85. The molecule has 0 spiro atoms. The molecule has 0 saturated carbocycles. The van der Waals surface area contributed by atoms with Crippen molar-refractivity contribution in [3.05, 3.63) is 154 Å². The first-order valence-corrected chi connectivity index (χ1v) is 12.2. The topological polar surface area (TPSA) is 0 Å². The predicted molar refractivity (Wildman–Crippen MR) is 148 cm³/mol. The van der Waals surface area contributed by atoms with E-state index in [2.05, 4.69) is 137 Å². The van der Waals surface area contributed by atoms with Crippen LogP contribution in [0.1, 0.15) is 57.3 Å². The summed E-state index contributed by atoms with van der Waals surface area (Å²) < 4.78 is 0. The fourth-order valence-electron chi connectivity index (χ4n) is 4.19. The molecule has 0 saturated heterocycles. The smallest absolute Gasteiger partial charge is 0.0151 e. The summed E-state index contributed by atoms with van der Waals surface area (Å²) in [7, 11) is 0. The molecule has 0 amide bonds. The molecule has 4 aromatic rings. The Morgan fingerprint density at radius 2 is 0.588 bits per heavy atom. The van der Waals surface area contributed by atoms with Crippen LogP contribution in [-0.2, 0) is 0 Å². The van der Waals surface area contributed by atoms with Crippen LogP contribution in [-0.4, -0.2) is 0 Å². The minimum atomic E-state index is 0.984. The lowest BCUT2D eigenvalue weighted by Crippen LogP contribution is -1.91. The van der Waals surface area contributed by atoms with Crippen molar-refractivity contribution in [1.82, 2.24) is 0 Å². The van der Waals surface area contributed by atoms with Gasteiger partial charge in [-0.1, -0.05) is 131 Å². The SMILES string of the molecule is Cc1ccc(C(=CCCC=C(c2ccc(C)cc2)c2ccc(C)cc2)c2ccc(C)cc2)cc1. The first-order valence-electron chi connectivity index (χ1n) is 12.2. The van der Waals surface area contributed by atoms with Crippen molar-refractivity contribution in [3.63, 3.8) is 0 Å². The van der Waals surface area contributed by atoms with E-state index in [-0.39, 0.29) is 0 Å². The van der Waals surface area contributed by atoms with E-state index in [0.29, 0.717) is 0 Å². The van der Waals surface area contributed by atoms with Gasteiger partial charge in [-0.3, -0.25) is 0 Å². The second-order valence-corrected chi connectivity index (χ2v) is 9.28. The lowest BCUT2D eigenvalue weighted by Gasteiger charge is -2.11. The largest absolute Gasteiger partial charge is 0.0757 e. The van der Waals surface area contributed by atoms with Gasteiger partial charge in [-0.15, -0.1) is 0 Å². The zero-order chi connectivity index (χ0) is 23.9. The number of aryl methyl sites for hydroxylation is 4. The second-order valence-electron chi connectivity index (χ2n) is 9.28. The van der Waals surface area contributed by atoms with E-state index >= 15 is 0 Å². The highest BCUT2D eigenvalue weighted by atomic mass is 14.1. The number of allylic oxidation sites excluding steroid dienone is 2. The van der Waals surface area contributed by atoms with Crippen LogP contribution < -0.4 is 0 Å². The normalized spacial score (nSPS) is 10.6. The molecule has 0 atom stereocenters. The lowest BCUT2D eigenvalue weighted by molar-refractivity contribution is 1.05. The number of rotatable bonds is 7. The number of unbranched alkanes of at least 4 members (excludes halogenated alkanes) is 1. The first kappa shape index (κ1) is 23.5. The van der Waals surface area contributed by atoms with Gasteiger partial charge in [0.05, 0.1) is 0 Å². The van der Waals surface area contributed by atoms with Gasteiger partial charge in [-0.05, 0) is 73.9 Å². The molecule has 0 aliphatic heterocycles. The fourth-order valence-corrected chi connectivity index (χ4v) is 4.19. The van der Waals surface area contributed by atoms with E-state index in [1.165, 1.54) is 55.7 Å². The highest BCUT2D eigenvalue weighted by molar-refractivity contribution is 5.81. The quantitative estimate of drug-likeness (QED) is 0.250. The molecule has 34 heavy (non-hydrogen) atoms. The van der Waals surface area contributed by atoms with Gasteiger partial charge >= 0.3 is 0 Å². The summed E-state index contributed by atoms with van der Waals surface area (Å²) in [5, 5.41) is 0. The van der Waals surface area contributed by atoms with Crippen LogP contribution >= 0.6 is 0 Å². The molecule has 0 N–H and O–H groups in total. The Hall–Kier alpha value is -3.64. The van der Waals surface area contributed by atoms with E-state index in [9.17, 15) is 0 Å². The third-order valence-corrected chi connectivity index (χ3v) is 6.31. The van der Waals surface area contributed by atoms with Crippen LogP contribution in [0.5, 0.6) is 0 Å². The minimum absolute atomic E-state index is 0.984. The van der Waals surface area contributed by atoms with Crippen LogP contribution in [0.15, 0.2) is 109 Å². The Morgan fingerprint density at radius 3 is 0.794 bits per heavy atom. The summed E-state index contributed by atoms with van der Waals surface area (Å²) in [4.78, 5) is 0. The maximum Gasteiger partial charge on any atom is -0.0151 e. The monoisotopic (exact) mass is 442 g/mol. The Labute approximate surface area is 205 Å². The van der Waals surface area contributed by atoms with Crippen LogP contribution in [0.3, 0.4) is 0 Å². The summed E-state index contributed by atoms with van der Waals surface area (Å²) in [6.07, 6.45) is 6.76. The van der Waals surface area contributed by atoms with Crippen LogP contribution in [0, 0.1) is 27.7 Å². The molecule has 0 fully saturated rings. The standard InChI is InChI=1S/C34H34/c1-25-9-17-29(18-10-25)33(30-19-11-26(2)12-20-30)7-5-6-8-34(31-21-13-27(3)14-22-31)32-23-15-28(4)16-24-32/h7-24H,5-6H2,1-4H3. The molecule has 4 aromatic carbocycles. The van der Waals surface area contributed by atoms with Gasteiger partial charge in [-0.2, -0.15) is 0 Å². The van der Waals surface area contributed by atoms with Gasteiger partial charge in [0.25, 0.3) is 0 Å². The number of benzene rings is 4. The van der Waals surface area contributed by atoms with Gasteiger partial charge in [0.1, 0.15) is 0 Å². The maximum atomic E-state index is 2.40. The zero-order valence-electron chi connectivity index (χ0n) is 20.8. The molecule has 0 aliphatic carbocycles.